The summed E-state index contributed by atoms with van der Waals surface area (Å²) in [7, 11) is -2.94. The van der Waals surface area contributed by atoms with Gasteiger partial charge in [0.15, 0.2) is 9.84 Å². The van der Waals surface area contributed by atoms with Crippen LogP contribution in [0.3, 0.4) is 0 Å². The van der Waals surface area contributed by atoms with Gasteiger partial charge >= 0.3 is 0 Å². The van der Waals surface area contributed by atoms with Crippen molar-refractivity contribution in [3.8, 4) is 0 Å². The lowest BCUT2D eigenvalue weighted by Gasteiger charge is -2.37. The molecule has 0 radical (unpaired) electrons. The Morgan fingerprint density at radius 2 is 1.93 bits per heavy atom. The molecule has 0 bridgehead atoms. The van der Waals surface area contributed by atoms with Crippen LogP contribution in [0.5, 0.6) is 0 Å². The molecule has 0 spiro atoms. The maximum atomic E-state index is 11.2. The quantitative estimate of drug-likeness (QED) is 0.755. The van der Waals surface area contributed by atoms with Crippen molar-refractivity contribution in [3.05, 3.63) is 17.4 Å². The van der Waals surface area contributed by atoms with Crippen LogP contribution in [0, 0.1) is 0 Å². The Morgan fingerprint density at radius 3 is 2.40 bits per heavy atom. The molecular formula is C8H10ClN3O2S. The highest BCUT2D eigenvalue weighted by Crippen LogP contribution is 2.20. The van der Waals surface area contributed by atoms with Crippen LogP contribution >= 0.6 is 11.6 Å². The average molecular weight is 248 g/mol. The van der Waals surface area contributed by atoms with Gasteiger partial charge in [0.1, 0.15) is 0 Å². The first-order chi connectivity index (χ1) is 6.97. The third kappa shape index (κ3) is 2.21. The SMILES string of the molecule is CS(=O)(=O)C1CN(c2ncc(Cl)cn2)C1. The Morgan fingerprint density at radius 1 is 1.40 bits per heavy atom. The van der Waals surface area contributed by atoms with E-state index in [9.17, 15) is 8.42 Å². The second kappa shape index (κ2) is 3.61. The molecule has 0 unspecified atom stereocenters. The van der Waals surface area contributed by atoms with Crippen molar-refractivity contribution >= 4 is 27.4 Å². The zero-order valence-corrected chi connectivity index (χ0v) is 9.66. The zero-order chi connectivity index (χ0) is 11.1. The summed E-state index contributed by atoms with van der Waals surface area (Å²) in [6.45, 7) is 0.918. The average Bonchev–Trinajstić information content (AvgIpc) is 2.03. The van der Waals surface area contributed by atoms with Gasteiger partial charge in [-0.2, -0.15) is 0 Å². The van der Waals surface area contributed by atoms with Crippen molar-refractivity contribution in [2.45, 2.75) is 5.25 Å². The second-order valence-corrected chi connectivity index (χ2v) is 6.32. The monoisotopic (exact) mass is 247 g/mol. The van der Waals surface area contributed by atoms with Crippen LogP contribution in [0.15, 0.2) is 12.4 Å². The molecule has 1 aromatic heterocycles. The topological polar surface area (TPSA) is 63.2 Å². The normalized spacial score (nSPS) is 17.6. The van der Waals surface area contributed by atoms with Crippen molar-refractivity contribution in [2.24, 2.45) is 0 Å². The molecule has 0 aromatic carbocycles. The number of aromatic nitrogens is 2. The molecule has 15 heavy (non-hydrogen) atoms. The van der Waals surface area contributed by atoms with Gasteiger partial charge in [-0.25, -0.2) is 18.4 Å². The minimum atomic E-state index is -2.94. The molecule has 0 saturated carbocycles. The molecule has 1 aromatic rings. The first-order valence-corrected chi connectivity index (χ1v) is 6.71. The number of hydrogen-bond acceptors (Lipinski definition) is 5. The molecular weight excluding hydrogens is 238 g/mol. The lowest BCUT2D eigenvalue weighted by molar-refractivity contribution is 0.541. The van der Waals surface area contributed by atoms with Gasteiger partial charge in [0.2, 0.25) is 5.95 Å². The molecule has 1 aliphatic heterocycles. The summed E-state index contributed by atoms with van der Waals surface area (Å²) in [5, 5.41) is 0.177. The van der Waals surface area contributed by atoms with Crippen LogP contribution in [0.25, 0.3) is 0 Å². The molecule has 5 nitrogen and oxygen atoms in total. The molecule has 1 fully saturated rings. The third-order valence-corrected chi connectivity index (χ3v) is 4.05. The van der Waals surface area contributed by atoms with Crippen molar-refractivity contribution in [2.75, 3.05) is 24.2 Å². The highest BCUT2D eigenvalue weighted by atomic mass is 35.5. The number of nitrogens with zero attached hydrogens (tertiary/aromatic N) is 3. The first kappa shape index (κ1) is 10.6. The number of sulfone groups is 1. The minimum Gasteiger partial charge on any atom is -0.338 e. The summed E-state index contributed by atoms with van der Waals surface area (Å²) in [5.41, 5.74) is 0. The van der Waals surface area contributed by atoms with E-state index in [2.05, 4.69) is 9.97 Å². The van der Waals surface area contributed by atoms with Crippen LogP contribution in [-0.2, 0) is 9.84 Å². The minimum absolute atomic E-state index is 0.295. The maximum absolute atomic E-state index is 11.2. The van der Waals surface area contributed by atoms with Gasteiger partial charge in [0.25, 0.3) is 0 Å². The first-order valence-electron chi connectivity index (χ1n) is 4.38. The molecule has 0 amide bonds. The molecule has 2 rings (SSSR count). The zero-order valence-electron chi connectivity index (χ0n) is 8.09. The fraction of sp³-hybridized carbons (Fsp3) is 0.500. The van der Waals surface area contributed by atoms with Gasteiger partial charge in [0, 0.05) is 19.3 Å². The fourth-order valence-electron chi connectivity index (χ4n) is 1.34. The molecule has 0 aliphatic carbocycles. The van der Waals surface area contributed by atoms with E-state index in [4.69, 9.17) is 11.6 Å². The van der Waals surface area contributed by atoms with Crippen LogP contribution in [-0.4, -0.2) is 43.0 Å². The summed E-state index contributed by atoms with van der Waals surface area (Å²) < 4.78 is 22.3. The van der Waals surface area contributed by atoms with E-state index in [0.717, 1.165) is 0 Å². The molecule has 1 saturated heterocycles. The predicted molar refractivity (Wildman–Crippen MR) is 57.9 cm³/mol. The predicted octanol–water partition coefficient (Wildman–Crippen LogP) is 0.363. The fourth-order valence-corrected chi connectivity index (χ4v) is 2.34. The summed E-state index contributed by atoms with van der Waals surface area (Å²) in [5.74, 6) is 0.527. The Labute approximate surface area is 93.0 Å². The van der Waals surface area contributed by atoms with Crippen molar-refractivity contribution in [1.82, 2.24) is 9.97 Å². The van der Waals surface area contributed by atoms with Crippen LogP contribution in [0.2, 0.25) is 5.02 Å². The number of rotatable bonds is 2. The lowest BCUT2D eigenvalue weighted by atomic mass is 10.2. The van der Waals surface area contributed by atoms with Crippen molar-refractivity contribution in [1.29, 1.82) is 0 Å². The van der Waals surface area contributed by atoms with Gasteiger partial charge in [-0.15, -0.1) is 0 Å². The summed E-state index contributed by atoms with van der Waals surface area (Å²) >= 11 is 5.64. The van der Waals surface area contributed by atoms with Gasteiger partial charge in [-0.1, -0.05) is 11.6 Å². The summed E-state index contributed by atoms with van der Waals surface area (Å²) in [6.07, 6.45) is 4.24. The highest BCUT2D eigenvalue weighted by molar-refractivity contribution is 7.91. The van der Waals surface area contributed by atoms with E-state index in [0.29, 0.717) is 24.1 Å². The van der Waals surface area contributed by atoms with E-state index in [1.807, 2.05) is 4.90 Å². The van der Waals surface area contributed by atoms with E-state index < -0.39 is 9.84 Å². The van der Waals surface area contributed by atoms with E-state index in [-0.39, 0.29) is 5.25 Å². The maximum Gasteiger partial charge on any atom is 0.225 e. The Hall–Kier alpha value is -0.880. The van der Waals surface area contributed by atoms with E-state index in [1.165, 1.54) is 18.6 Å². The number of halogens is 1. The van der Waals surface area contributed by atoms with Gasteiger partial charge in [-0.05, 0) is 0 Å². The summed E-state index contributed by atoms with van der Waals surface area (Å²) in [4.78, 5) is 9.82. The summed E-state index contributed by atoms with van der Waals surface area (Å²) in [6, 6.07) is 0. The van der Waals surface area contributed by atoms with Crippen molar-refractivity contribution in [3.63, 3.8) is 0 Å². The standard InChI is InChI=1S/C8H10ClN3O2S/c1-15(13,14)7-4-12(5-7)8-10-2-6(9)3-11-8/h2-3,7H,4-5H2,1H3. The number of anilines is 1. The Kier molecular flexibility index (Phi) is 2.56. The third-order valence-electron chi connectivity index (χ3n) is 2.34. The van der Waals surface area contributed by atoms with E-state index >= 15 is 0 Å². The number of hydrogen-bond donors (Lipinski definition) is 0. The molecule has 1 aliphatic rings. The van der Waals surface area contributed by atoms with Crippen LogP contribution in [0.4, 0.5) is 5.95 Å². The molecule has 0 N–H and O–H groups in total. The van der Waals surface area contributed by atoms with E-state index in [1.54, 1.807) is 0 Å². The lowest BCUT2D eigenvalue weighted by Crippen LogP contribution is -2.55. The molecule has 82 valence electrons. The van der Waals surface area contributed by atoms with Gasteiger partial charge in [0.05, 0.1) is 22.7 Å². The Balaban J connectivity index is 2.04. The van der Waals surface area contributed by atoms with Gasteiger partial charge < -0.3 is 4.90 Å². The van der Waals surface area contributed by atoms with Crippen LogP contribution < -0.4 is 4.90 Å². The Bertz CT molecular complexity index is 453. The van der Waals surface area contributed by atoms with Gasteiger partial charge in [-0.3, -0.25) is 0 Å². The molecule has 0 atom stereocenters. The highest BCUT2D eigenvalue weighted by Gasteiger charge is 2.35. The van der Waals surface area contributed by atoms with Crippen molar-refractivity contribution < 1.29 is 8.42 Å². The molecule has 7 heteroatoms. The van der Waals surface area contributed by atoms with Crippen LogP contribution in [0.1, 0.15) is 0 Å². The smallest absolute Gasteiger partial charge is 0.225 e. The largest absolute Gasteiger partial charge is 0.338 e. The molecule has 2 heterocycles. The second-order valence-electron chi connectivity index (χ2n) is 3.56.